The van der Waals surface area contributed by atoms with Crippen LogP contribution >= 0.6 is 0 Å². The van der Waals surface area contributed by atoms with Gasteiger partial charge in [-0.2, -0.15) is 5.10 Å². The van der Waals surface area contributed by atoms with E-state index < -0.39 is 0 Å². The molecule has 19 heavy (non-hydrogen) atoms. The van der Waals surface area contributed by atoms with Crippen LogP contribution in [-0.4, -0.2) is 22.9 Å². The van der Waals surface area contributed by atoms with Crippen LogP contribution in [-0.2, 0) is 6.42 Å². The van der Waals surface area contributed by atoms with E-state index in [-0.39, 0.29) is 5.82 Å². The lowest BCUT2D eigenvalue weighted by Crippen LogP contribution is -2.30. The molecule has 1 aliphatic rings. The van der Waals surface area contributed by atoms with Crippen molar-refractivity contribution in [2.24, 2.45) is 5.92 Å². The summed E-state index contributed by atoms with van der Waals surface area (Å²) in [6, 6.07) is 6.51. The Hall–Kier alpha value is -1.68. The van der Waals surface area contributed by atoms with Crippen LogP contribution in [0.1, 0.15) is 18.4 Å². The fraction of sp³-hybridized carbons (Fsp3) is 0.400. The van der Waals surface area contributed by atoms with Crippen LogP contribution in [0.4, 0.5) is 4.39 Å². The third-order valence-electron chi connectivity index (χ3n) is 3.63. The predicted molar refractivity (Wildman–Crippen MR) is 72.8 cm³/mol. The highest BCUT2D eigenvalue weighted by Gasteiger charge is 2.14. The maximum atomic E-state index is 13.2. The minimum Gasteiger partial charge on any atom is -0.316 e. The van der Waals surface area contributed by atoms with Crippen molar-refractivity contribution in [2.75, 3.05) is 13.1 Å². The number of piperidine rings is 1. The minimum atomic E-state index is -0.231. The lowest BCUT2D eigenvalue weighted by Gasteiger charge is -2.21. The lowest BCUT2D eigenvalue weighted by molar-refractivity contribution is 0.376. The van der Waals surface area contributed by atoms with Crippen LogP contribution < -0.4 is 5.32 Å². The number of rotatable bonds is 3. The van der Waals surface area contributed by atoms with Crippen molar-refractivity contribution in [1.29, 1.82) is 0 Å². The van der Waals surface area contributed by atoms with Gasteiger partial charge in [-0.05, 0) is 62.0 Å². The summed E-state index contributed by atoms with van der Waals surface area (Å²) in [4.78, 5) is 0. The third-order valence-corrected chi connectivity index (χ3v) is 3.63. The first-order chi connectivity index (χ1) is 9.31. The molecule has 0 aliphatic carbocycles. The molecule has 1 fully saturated rings. The van der Waals surface area contributed by atoms with Crippen molar-refractivity contribution < 1.29 is 4.39 Å². The Balaban J connectivity index is 1.72. The normalized spacial score (nSPS) is 19.5. The first-order valence-corrected chi connectivity index (χ1v) is 6.81. The largest absolute Gasteiger partial charge is 0.316 e. The molecule has 0 radical (unpaired) electrons. The summed E-state index contributed by atoms with van der Waals surface area (Å²) in [7, 11) is 0. The highest BCUT2D eigenvalue weighted by molar-refractivity contribution is 5.31. The van der Waals surface area contributed by atoms with Crippen molar-refractivity contribution in [3.05, 3.63) is 48.0 Å². The second-order valence-corrected chi connectivity index (χ2v) is 5.19. The van der Waals surface area contributed by atoms with Gasteiger partial charge in [-0.3, -0.25) is 0 Å². The van der Waals surface area contributed by atoms with Crippen molar-refractivity contribution in [2.45, 2.75) is 19.3 Å². The Labute approximate surface area is 112 Å². The summed E-state index contributed by atoms with van der Waals surface area (Å²) in [5, 5.41) is 7.75. The average molecular weight is 259 g/mol. The zero-order valence-electron chi connectivity index (χ0n) is 10.8. The van der Waals surface area contributed by atoms with Crippen LogP contribution in [0.15, 0.2) is 36.7 Å². The van der Waals surface area contributed by atoms with E-state index in [0.29, 0.717) is 5.92 Å². The molecule has 1 aliphatic heterocycles. The summed E-state index contributed by atoms with van der Waals surface area (Å²) in [5.74, 6) is 0.463. The van der Waals surface area contributed by atoms with Gasteiger partial charge in [0.1, 0.15) is 5.82 Å². The first-order valence-electron chi connectivity index (χ1n) is 6.81. The molecule has 2 aromatic rings. The van der Waals surface area contributed by atoms with E-state index in [2.05, 4.69) is 10.4 Å². The highest BCUT2D eigenvalue weighted by atomic mass is 19.1. The lowest BCUT2D eigenvalue weighted by atomic mass is 9.94. The number of nitrogens with zero attached hydrogens (tertiary/aromatic N) is 2. The van der Waals surface area contributed by atoms with Gasteiger partial charge in [0.05, 0.1) is 11.9 Å². The Kier molecular flexibility index (Phi) is 3.60. The molecular weight excluding hydrogens is 241 g/mol. The quantitative estimate of drug-likeness (QED) is 0.918. The molecule has 3 rings (SSSR count). The number of nitrogens with one attached hydrogen (secondary N) is 1. The molecule has 2 heterocycles. The highest BCUT2D eigenvalue weighted by Crippen LogP contribution is 2.17. The Bertz CT molecular complexity index is 544. The standard InChI is InChI=1S/C15H18FN3/c16-14-4-1-5-15(8-14)19-11-13(10-18-19)7-12-3-2-6-17-9-12/h1,4-5,8,10-12,17H,2-3,6-7,9H2. The number of aromatic nitrogens is 2. The van der Waals surface area contributed by atoms with Gasteiger partial charge in [-0.25, -0.2) is 9.07 Å². The zero-order valence-corrected chi connectivity index (χ0v) is 10.8. The summed E-state index contributed by atoms with van der Waals surface area (Å²) in [6.07, 6.45) is 7.46. The number of hydrogen-bond donors (Lipinski definition) is 1. The Morgan fingerprint density at radius 3 is 3.16 bits per heavy atom. The smallest absolute Gasteiger partial charge is 0.125 e. The molecule has 1 N–H and O–H groups in total. The molecule has 0 bridgehead atoms. The maximum absolute atomic E-state index is 13.2. The van der Waals surface area contributed by atoms with Gasteiger partial charge in [0.25, 0.3) is 0 Å². The van der Waals surface area contributed by atoms with Gasteiger partial charge in [0.15, 0.2) is 0 Å². The number of hydrogen-bond acceptors (Lipinski definition) is 2. The van der Waals surface area contributed by atoms with Crippen molar-refractivity contribution in [1.82, 2.24) is 15.1 Å². The fourth-order valence-corrected chi connectivity index (χ4v) is 2.66. The SMILES string of the molecule is Fc1cccc(-n2cc(CC3CCCNC3)cn2)c1. The third kappa shape index (κ3) is 3.01. The van der Waals surface area contributed by atoms with Crippen LogP contribution in [0, 0.1) is 11.7 Å². The fourth-order valence-electron chi connectivity index (χ4n) is 2.66. The van der Waals surface area contributed by atoms with Gasteiger partial charge in [-0.15, -0.1) is 0 Å². The molecule has 100 valence electrons. The summed E-state index contributed by atoms with van der Waals surface area (Å²) >= 11 is 0. The minimum absolute atomic E-state index is 0.231. The van der Waals surface area contributed by atoms with Crippen LogP contribution in [0.5, 0.6) is 0 Å². The predicted octanol–water partition coefficient (Wildman–Crippen LogP) is 2.55. The Morgan fingerprint density at radius 2 is 2.37 bits per heavy atom. The molecule has 1 saturated heterocycles. The van der Waals surface area contributed by atoms with Crippen LogP contribution in [0.25, 0.3) is 5.69 Å². The second kappa shape index (κ2) is 5.53. The molecule has 0 spiro atoms. The molecule has 3 nitrogen and oxygen atoms in total. The molecule has 1 aromatic heterocycles. The average Bonchev–Trinajstić information content (AvgIpc) is 2.88. The van der Waals surface area contributed by atoms with Gasteiger partial charge in [0.2, 0.25) is 0 Å². The van der Waals surface area contributed by atoms with Crippen LogP contribution in [0.3, 0.4) is 0 Å². The molecule has 1 unspecified atom stereocenters. The molecular formula is C15H18FN3. The van der Waals surface area contributed by atoms with E-state index in [9.17, 15) is 4.39 Å². The molecule has 1 atom stereocenters. The molecule has 4 heteroatoms. The van der Waals surface area contributed by atoms with Crippen molar-refractivity contribution >= 4 is 0 Å². The number of benzene rings is 1. The monoisotopic (exact) mass is 259 g/mol. The molecule has 1 aromatic carbocycles. The topological polar surface area (TPSA) is 29.9 Å². The van der Waals surface area contributed by atoms with Gasteiger partial charge in [-0.1, -0.05) is 6.07 Å². The van der Waals surface area contributed by atoms with Crippen molar-refractivity contribution in [3.63, 3.8) is 0 Å². The number of halogens is 1. The summed E-state index contributed by atoms with van der Waals surface area (Å²) < 4.78 is 14.9. The summed E-state index contributed by atoms with van der Waals surface area (Å²) in [5.41, 5.74) is 1.99. The van der Waals surface area contributed by atoms with Gasteiger partial charge >= 0.3 is 0 Å². The molecule has 0 saturated carbocycles. The van der Waals surface area contributed by atoms with E-state index in [1.807, 2.05) is 18.5 Å². The van der Waals surface area contributed by atoms with E-state index in [1.165, 1.54) is 30.5 Å². The van der Waals surface area contributed by atoms with E-state index in [1.54, 1.807) is 10.7 Å². The zero-order chi connectivity index (χ0) is 13.1. The van der Waals surface area contributed by atoms with Crippen molar-refractivity contribution in [3.8, 4) is 5.69 Å². The maximum Gasteiger partial charge on any atom is 0.125 e. The second-order valence-electron chi connectivity index (χ2n) is 5.19. The van der Waals surface area contributed by atoms with Gasteiger partial charge < -0.3 is 5.32 Å². The first kappa shape index (κ1) is 12.4. The van der Waals surface area contributed by atoms with E-state index in [4.69, 9.17) is 0 Å². The van der Waals surface area contributed by atoms with E-state index >= 15 is 0 Å². The van der Waals surface area contributed by atoms with Crippen LogP contribution in [0.2, 0.25) is 0 Å². The molecule has 0 amide bonds. The van der Waals surface area contributed by atoms with E-state index in [0.717, 1.165) is 25.2 Å². The summed E-state index contributed by atoms with van der Waals surface area (Å²) in [6.45, 7) is 2.23. The van der Waals surface area contributed by atoms with Gasteiger partial charge in [0, 0.05) is 6.20 Å². The Morgan fingerprint density at radius 1 is 1.42 bits per heavy atom.